The molecule has 0 aliphatic rings. The molecule has 0 amide bonds. The van der Waals surface area contributed by atoms with Crippen LogP contribution in [0.5, 0.6) is 5.75 Å². The summed E-state index contributed by atoms with van der Waals surface area (Å²) in [5, 5.41) is 0. The highest BCUT2D eigenvalue weighted by Gasteiger charge is 2.07. The first-order valence-electron chi connectivity index (χ1n) is 7.62. The molecular formula is C19H25NO. The minimum absolute atomic E-state index is 0.562. The Bertz CT molecular complexity index is 573. The van der Waals surface area contributed by atoms with Crippen molar-refractivity contribution in [1.29, 1.82) is 0 Å². The highest BCUT2D eigenvalue weighted by atomic mass is 16.5. The molecule has 2 nitrogen and oxygen atoms in total. The predicted molar refractivity (Wildman–Crippen MR) is 88.8 cm³/mol. The van der Waals surface area contributed by atoms with E-state index in [0.29, 0.717) is 19.1 Å². The molecule has 0 fully saturated rings. The van der Waals surface area contributed by atoms with E-state index in [1.54, 1.807) is 0 Å². The second kappa shape index (κ2) is 7.28. The zero-order chi connectivity index (χ0) is 15.2. The number of benzene rings is 2. The summed E-state index contributed by atoms with van der Waals surface area (Å²) in [4.78, 5) is 0. The van der Waals surface area contributed by atoms with Crippen LogP contribution < -0.4 is 10.5 Å². The molecule has 2 N–H and O–H groups in total. The number of aryl methyl sites for hydroxylation is 1. The van der Waals surface area contributed by atoms with Gasteiger partial charge in [0.15, 0.2) is 0 Å². The SMILES string of the molecule is Cc1cccc(CCN)c1OCc1ccc(C(C)C)cc1. The van der Waals surface area contributed by atoms with Gasteiger partial charge in [0.2, 0.25) is 0 Å². The average molecular weight is 283 g/mol. The first-order valence-corrected chi connectivity index (χ1v) is 7.62. The Labute approximate surface area is 127 Å². The number of para-hydroxylation sites is 1. The number of nitrogens with two attached hydrogens (primary N) is 1. The van der Waals surface area contributed by atoms with Crippen molar-refractivity contribution in [3.05, 3.63) is 64.7 Å². The first kappa shape index (κ1) is 15.6. The van der Waals surface area contributed by atoms with Crippen molar-refractivity contribution in [3.8, 4) is 5.75 Å². The summed E-state index contributed by atoms with van der Waals surface area (Å²) in [6, 6.07) is 14.9. The fourth-order valence-corrected chi connectivity index (χ4v) is 2.43. The van der Waals surface area contributed by atoms with Crippen molar-refractivity contribution < 1.29 is 4.74 Å². The van der Waals surface area contributed by atoms with Gasteiger partial charge >= 0.3 is 0 Å². The number of ether oxygens (including phenoxy) is 1. The third-order valence-corrected chi connectivity index (χ3v) is 3.74. The highest BCUT2D eigenvalue weighted by molar-refractivity contribution is 5.41. The average Bonchev–Trinajstić information content (AvgIpc) is 2.47. The van der Waals surface area contributed by atoms with Crippen molar-refractivity contribution in [2.75, 3.05) is 6.54 Å². The zero-order valence-electron chi connectivity index (χ0n) is 13.2. The van der Waals surface area contributed by atoms with Gasteiger partial charge in [-0.25, -0.2) is 0 Å². The summed E-state index contributed by atoms with van der Waals surface area (Å²) in [6.07, 6.45) is 0.850. The number of hydrogen-bond acceptors (Lipinski definition) is 2. The van der Waals surface area contributed by atoms with Gasteiger partial charge in [-0.05, 0) is 48.1 Å². The maximum atomic E-state index is 6.05. The molecule has 0 heterocycles. The molecule has 2 rings (SSSR count). The molecule has 2 heteroatoms. The third kappa shape index (κ3) is 4.08. The van der Waals surface area contributed by atoms with Crippen molar-refractivity contribution in [3.63, 3.8) is 0 Å². The van der Waals surface area contributed by atoms with Gasteiger partial charge in [-0.1, -0.05) is 56.3 Å². The van der Waals surface area contributed by atoms with Crippen LogP contribution in [0, 0.1) is 6.92 Å². The van der Waals surface area contributed by atoms with Gasteiger partial charge < -0.3 is 10.5 Å². The predicted octanol–water partition coefficient (Wildman–Crippen LogP) is 4.20. The molecule has 112 valence electrons. The lowest BCUT2D eigenvalue weighted by molar-refractivity contribution is 0.301. The maximum Gasteiger partial charge on any atom is 0.125 e. The van der Waals surface area contributed by atoms with E-state index in [1.165, 1.54) is 22.3 Å². The van der Waals surface area contributed by atoms with E-state index in [-0.39, 0.29) is 0 Å². The molecule has 0 saturated heterocycles. The molecule has 21 heavy (non-hydrogen) atoms. The molecule has 2 aromatic carbocycles. The molecule has 0 aliphatic carbocycles. The molecular weight excluding hydrogens is 258 g/mol. The topological polar surface area (TPSA) is 35.2 Å². The normalized spacial score (nSPS) is 10.9. The molecule has 0 aromatic heterocycles. The van der Waals surface area contributed by atoms with E-state index < -0.39 is 0 Å². The Morgan fingerprint density at radius 3 is 2.38 bits per heavy atom. The summed E-state index contributed by atoms with van der Waals surface area (Å²) < 4.78 is 6.05. The lowest BCUT2D eigenvalue weighted by Crippen LogP contribution is -2.06. The third-order valence-electron chi connectivity index (χ3n) is 3.74. The molecule has 0 atom stereocenters. The van der Waals surface area contributed by atoms with Crippen LogP contribution in [-0.4, -0.2) is 6.54 Å². The number of hydrogen-bond donors (Lipinski definition) is 1. The monoisotopic (exact) mass is 283 g/mol. The summed E-state index contributed by atoms with van der Waals surface area (Å²) in [5.74, 6) is 1.54. The van der Waals surface area contributed by atoms with Crippen molar-refractivity contribution in [2.24, 2.45) is 5.73 Å². The molecule has 2 aromatic rings. The van der Waals surface area contributed by atoms with Crippen LogP contribution in [0.4, 0.5) is 0 Å². The summed E-state index contributed by atoms with van der Waals surface area (Å²) in [5.41, 5.74) is 10.6. The minimum Gasteiger partial charge on any atom is -0.488 e. The van der Waals surface area contributed by atoms with Crippen LogP contribution in [0.15, 0.2) is 42.5 Å². The van der Waals surface area contributed by atoms with Crippen LogP contribution in [0.2, 0.25) is 0 Å². The fraction of sp³-hybridized carbons (Fsp3) is 0.368. The smallest absolute Gasteiger partial charge is 0.125 e. The van der Waals surface area contributed by atoms with Gasteiger partial charge in [0, 0.05) is 0 Å². The molecule has 0 radical (unpaired) electrons. The van der Waals surface area contributed by atoms with Crippen LogP contribution in [0.1, 0.15) is 42.0 Å². The molecule has 0 spiro atoms. The van der Waals surface area contributed by atoms with E-state index in [4.69, 9.17) is 10.5 Å². The maximum absolute atomic E-state index is 6.05. The van der Waals surface area contributed by atoms with Crippen LogP contribution in [-0.2, 0) is 13.0 Å². The van der Waals surface area contributed by atoms with Gasteiger partial charge in [0.25, 0.3) is 0 Å². The van der Waals surface area contributed by atoms with Gasteiger partial charge in [-0.3, -0.25) is 0 Å². The lowest BCUT2D eigenvalue weighted by atomic mass is 10.0. The quantitative estimate of drug-likeness (QED) is 0.862. The Hall–Kier alpha value is -1.80. The summed E-state index contributed by atoms with van der Waals surface area (Å²) in [7, 11) is 0. The van der Waals surface area contributed by atoms with Gasteiger partial charge in [-0.15, -0.1) is 0 Å². The Balaban J connectivity index is 2.09. The fourth-order valence-electron chi connectivity index (χ4n) is 2.43. The van der Waals surface area contributed by atoms with Crippen LogP contribution in [0.3, 0.4) is 0 Å². The second-order valence-corrected chi connectivity index (χ2v) is 5.79. The van der Waals surface area contributed by atoms with Gasteiger partial charge in [-0.2, -0.15) is 0 Å². The number of rotatable bonds is 6. The summed E-state index contributed by atoms with van der Waals surface area (Å²) >= 11 is 0. The Morgan fingerprint density at radius 2 is 1.76 bits per heavy atom. The minimum atomic E-state index is 0.562. The van der Waals surface area contributed by atoms with E-state index in [2.05, 4.69) is 63.2 Å². The second-order valence-electron chi connectivity index (χ2n) is 5.79. The van der Waals surface area contributed by atoms with Gasteiger partial charge in [0.05, 0.1) is 0 Å². The largest absolute Gasteiger partial charge is 0.488 e. The van der Waals surface area contributed by atoms with E-state index in [0.717, 1.165) is 12.2 Å². The molecule has 0 bridgehead atoms. The summed E-state index contributed by atoms with van der Waals surface area (Å²) in [6.45, 7) is 7.73. The lowest BCUT2D eigenvalue weighted by Gasteiger charge is -2.14. The molecule has 0 unspecified atom stereocenters. The van der Waals surface area contributed by atoms with Crippen molar-refractivity contribution >= 4 is 0 Å². The van der Waals surface area contributed by atoms with E-state index in [9.17, 15) is 0 Å². The highest BCUT2D eigenvalue weighted by Crippen LogP contribution is 2.25. The van der Waals surface area contributed by atoms with Crippen LogP contribution in [0.25, 0.3) is 0 Å². The van der Waals surface area contributed by atoms with E-state index in [1.807, 2.05) is 0 Å². The Kier molecular flexibility index (Phi) is 5.40. The standard InChI is InChI=1S/C19H25NO/c1-14(2)17-9-7-16(8-10-17)13-21-19-15(3)5-4-6-18(19)11-12-20/h4-10,14H,11-13,20H2,1-3H3. The molecule has 0 saturated carbocycles. The van der Waals surface area contributed by atoms with E-state index >= 15 is 0 Å². The van der Waals surface area contributed by atoms with Crippen molar-refractivity contribution in [1.82, 2.24) is 0 Å². The van der Waals surface area contributed by atoms with Gasteiger partial charge in [0.1, 0.15) is 12.4 Å². The van der Waals surface area contributed by atoms with Crippen molar-refractivity contribution in [2.45, 2.75) is 39.7 Å². The Morgan fingerprint density at radius 1 is 1.05 bits per heavy atom. The van der Waals surface area contributed by atoms with Crippen LogP contribution >= 0.6 is 0 Å². The first-order chi connectivity index (χ1) is 10.1. The zero-order valence-corrected chi connectivity index (χ0v) is 13.2. The molecule has 0 aliphatic heterocycles.